The number of carbonyl (C=O) groups excluding carboxylic acids is 2. The van der Waals surface area contributed by atoms with Crippen LogP contribution in [0.15, 0.2) is 66.7 Å². The summed E-state index contributed by atoms with van der Waals surface area (Å²) in [5.74, 6) is -0.412. The minimum atomic E-state index is -0.797. The lowest BCUT2D eigenvalue weighted by Gasteiger charge is -2.10. The van der Waals surface area contributed by atoms with Crippen LogP contribution in [-0.4, -0.2) is 31.0 Å². The van der Waals surface area contributed by atoms with Crippen molar-refractivity contribution < 1.29 is 24.2 Å². The molecule has 0 saturated carbocycles. The number of Topliss-reactive ketones (excluding diaryl/α,β-unsaturated/α-hetero) is 1. The molecule has 2 N–H and O–H groups in total. The summed E-state index contributed by atoms with van der Waals surface area (Å²) < 4.78 is 10.6. The van der Waals surface area contributed by atoms with Gasteiger partial charge in [-0.3, -0.25) is 9.59 Å². The van der Waals surface area contributed by atoms with Crippen LogP contribution in [0.5, 0.6) is 17.2 Å². The van der Waals surface area contributed by atoms with Crippen molar-refractivity contribution in [1.29, 1.82) is 0 Å². The Kier molecular flexibility index (Phi) is 6.70. The van der Waals surface area contributed by atoms with E-state index in [0.29, 0.717) is 17.2 Å². The van der Waals surface area contributed by atoms with E-state index in [1.807, 2.05) is 30.3 Å². The molecular weight excluding hydrogens is 382 g/mol. The molecule has 0 aliphatic rings. The van der Waals surface area contributed by atoms with Gasteiger partial charge >= 0.3 is 0 Å². The first-order valence-corrected chi connectivity index (χ1v) is 9.45. The molecule has 0 spiro atoms. The van der Waals surface area contributed by atoms with Gasteiger partial charge in [0.2, 0.25) is 0 Å². The first-order chi connectivity index (χ1) is 14.5. The molecule has 154 valence electrons. The molecule has 0 atom stereocenters. The number of anilines is 1. The number of rotatable bonds is 8. The van der Waals surface area contributed by atoms with E-state index in [1.165, 1.54) is 12.1 Å². The number of carbonyl (C=O) groups is 2. The zero-order chi connectivity index (χ0) is 21.5. The summed E-state index contributed by atoms with van der Waals surface area (Å²) in [5, 5.41) is 12.3. The number of aromatic hydroxyl groups is 1. The van der Waals surface area contributed by atoms with Crippen LogP contribution in [0.3, 0.4) is 0 Å². The molecule has 3 rings (SSSR count). The highest BCUT2D eigenvalue weighted by molar-refractivity contribution is 6.47. The highest BCUT2D eigenvalue weighted by atomic mass is 16.5. The number of para-hydroxylation sites is 1. The number of phenols is 1. The number of phenolic OH excluding ortho intramolecular Hbond substituents is 1. The lowest BCUT2D eigenvalue weighted by Crippen LogP contribution is -2.22. The van der Waals surface area contributed by atoms with E-state index >= 15 is 0 Å². The lowest BCUT2D eigenvalue weighted by atomic mass is 10.0. The fourth-order valence-corrected chi connectivity index (χ4v) is 3.06. The van der Waals surface area contributed by atoms with E-state index in [1.54, 1.807) is 38.5 Å². The van der Waals surface area contributed by atoms with Crippen molar-refractivity contribution in [1.82, 2.24) is 0 Å². The van der Waals surface area contributed by atoms with Gasteiger partial charge in [-0.25, -0.2) is 0 Å². The van der Waals surface area contributed by atoms with Crippen LogP contribution in [0.25, 0.3) is 0 Å². The smallest absolute Gasteiger partial charge is 0.296 e. The molecule has 0 radical (unpaired) electrons. The normalized spacial score (nSPS) is 10.3. The third kappa shape index (κ3) is 4.97. The van der Waals surface area contributed by atoms with Crippen LogP contribution in [-0.2, 0) is 17.6 Å². The molecular formula is C24H23NO5. The third-order valence-electron chi connectivity index (χ3n) is 4.72. The van der Waals surface area contributed by atoms with Gasteiger partial charge in [0.1, 0.15) is 5.75 Å². The van der Waals surface area contributed by atoms with Crippen molar-refractivity contribution in [3.05, 3.63) is 83.4 Å². The van der Waals surface area contributed by atoms with Crippen LogP contribution < -0.4 is 14.8 Å². The minimum absolute atomic E-state index is 0.0264. The summed E-state index contributed by atoms with van der Waals surface area (Å²) in [6.45, 7) is 0. The van der Waals surface area contributed by atoms with Crippen molar-refractivity contribution in [3.63, 3.8) is 0 Å². The van der Waals surface area contributed by atoms with Crippen molar-refractivity contribution in [3.8, 4) is 17.2 Å². The second kappa shape index (κ2) is 9.60. The van der Waals surface area contributed by atoms with Gasteiger partial charge in [-0.2, -0.15) is 0 Å². The Balaban J connectivity index is 1.59. The quantitative estimate of drug-likeness (QED) is 0.437. The monoisotopic (exact) mass is 405 g/mol. The summed E-state index contributed by atoms with van der Waals surface area (Å²) in [5.41, 5.74) is 2.70. The van der Waals surface area contributed by atoms with E-state index in [2.05, 4.69) is 5.32 Å². The largest absolute Gasteiger partial charge is 0.507 e. The van der Waals surface area contributed by atoms with Crippen LogP contribution in [0.4, 0.5) is 5.69 Å². The molecule has 0 aliphatic carbocycles. The van der Waals surface area contributed by atoms with E-state index in [4.69, 9.17) is 9.47 Å². The summed E-state index contributed by atoms with van der Waals surface area (Å²) in [4.78, 5) is 24.4. The number of amides is 1. The Morgan fingerprint density at radius 1 is 0.833 bits per heavy atom. The lowest BCUT2D eigenvalue weighted by molar-refractivity contribution is -0.112. The molecule has 0 fully saturated rings. The highest BCUT2D eigenvalue weighted by Gasteiger charge is 2.19. The first-order valence-electron chi connectivity index (χ1n) is 9.45. The van der Waals surface area contributed by atoms with E-state index in [0.717, 1.165) is 24.0 Å². The Labute approximate surface area is 175 Å². The number of benzene rings is 3. The van der Waals surface area contributed by atoms with E-state index < -0.39 is 11.7 Å². The van der Waals surface area contributed by atoms with Gasteiger partial charge in [-0.15, -0.1) is 0 Å². The van der Waals surface area contributed by atoms with Crippen LogP contribution in [0.1, 0.15) is 21.5 Å². The minimum Gasteiger partial charge on any atom is -0.507 e. The molecule has 0 aliphatic heterocycles. The summed E-state index contributed by atoms with van der Waals surface area (Å²) >= 11 is 0. The molecule has 30 heavy (non-hydrogen) atoms. The zero-order valence-electron chi connectivity index (χ0n) is 16.8. The zero-order valence-corrected chi connectivity index (χ0v) is 16.8. The van der Waals surface area contributed by atoms with Crippen molar-refractivity contribution >= 4 is 17.4 Å². The maximum absolute atomic E-state index is 12.2. The standard InChI is InChI=1S/C24H23NO5/c1-29-21-14-11-17(15-22(21)30-2)8-7-16-9-12-18(13-10-16)25-24(28)23(27)19-5-3-4-6-20(19)26/h3-6,9-15,26H,7-8H2,1-2H3,(H,25,28). The number of nitrogens with one attached hydrogen (secondary N) is 1. The van der Waals surface area contributed by atoms with Gasteiger partial charge in [-0.05, 0) is 60.4 Å². The Bertz CT molecular complexity index is 1040. The van der Waals surface area contributed by atoms with Crippen LogP contribution in [0, 0.1) is 0 Å². The average Bonchev–Trinajstić information content (AvgIpc) is 2.78. The summed E-state index contributed by atoms with van der Waals surface area (Å²) in [6.07, 6.45) is 1.62. The number of aryl methyl sites for hydroxylation is 2. The van der Waals surface area contributed by atoms with Crippen LogP contribution in [0.2, 0.25) is 0 Å². The topological polar surface area (TPSA) is 84.9 Å². The number of ketones is 1. The predicted molar refractivity (Wildman–Crippen MR) is 114 cm³/mol. The Hall–Kier alpha value is -3.80. The number of methoxy groups -OCH3 is 2. The van der Waals surface area contributed by atoms with Gasteiger partial charge in [0.25, 0.3) is 11.7 Å². The fraction of sp³-hybridized carbons (Fsp3) is 0.167. The molecule has 3 aromatic carbocycles. The SMILES string of the molecule is COc1ccc(CCc2ccc(NC(=O)C(=O)c3ccccc3O)cc2)cc1OC. The third-order valence-corrected chi connectivity index (χ3v) is 4.72. The molecule has 0 aromatic heterocycles. The maximum Gasteiger partial charge on any atom is 0.296 e. The second-order valence-corrected chi connectivity index (χ2v) is 6.69. The van der Waals surface area contributed by atoms with Crippen molar-refractivity contribution in [2.45, 2.75) is 12.8 Å². The van der Waals surface area contributed by atoms with Gasteiger partial charge in [-0.1, -0.05) is 30.3 Å². The van der Waals surface area contributed by atoms with Crippen LogP contribution >= 0.6 is 0 Å². The van der Waals surface area contributed by atoms with E-state index in [-0.39, 0.29) is 11.3 Å². The number of hydrogen-bond donors (Lipinski definition) is 2. The van der Waals surface area contributed by atoms with Gasteiger partial charge in [0.15, 0.2) is 11.5 Å². The molecule has 3 aromatic rings. The molecule has 0 heterocycles. The fourth-order valence-electron chi connectivity index (χ4n) is 3.06. The molecule has 1 amide bonds. The number of ether oxygens (including phenoxy) is 2. The van der Waals surface area contributed by atoms with Gasteiger partial charge in [0.05, 0.1) is 19.8 Å². The van der Waals surface area contributed by atoms with Gasteiger partial charge in [0, 0.05) is 5.69 Å². The summed E-state index contributed by atoms with van der Waals surface area (Å²) in [6, 6.07) is 19.1. The maximum atomic E-state index is 12.2. The molecule has 0 saturated heterocycles. The predicted octanol–water partition coefficient (Wildman–Crippen LogP) is 4.02. The van der Waals surface area contributed by atoms with Gasteiger partial charge < -0.3 is 19.9 Å². The first kappa shape index (κ1) is 20.9. The molecule has 0 bridgehead atoms. The Morgan fingerprint density at radius 3 is 2.13 bits per heavy atom. The van der Waals surface area contributed by atoms with Crippen molar-refractivity contribution in [2.75, 3.05) is 19.5 Å². The number of hydrogen-bond acceptors (Lipinski definition) is 5. The highest BCUT2D eigenvalue weighted by Crippen LogP contribution is 2.28. The summed E-state index contributed by atoms with van der Waals surface area (Å²) in [7, 11) is 3.21. The molecule has 0 unspecified atom stereocenters. The average molecular weight is 405 g/mol. The molecule has 6 heteroatoms. The van der Waals surface area contributed by atoms with E-state index in [9.17, 15) is 14.7 Å². The Morgan fingerprint density at radius 2 is 1.47 bits per heavy atom. The second-order valence-electron chi connectivity index (χ2n) is 6.69. The van der Waals surface area contributed by atoms with Crippen molar-refractivity contribution in [2.24, 2.45) is 0 Å². The molecule has 6 nitrogen and oxygen atoms in total.